The van der Waals surface area contributed by atoms with Crippen molar-refractivity contribution in [1.29, 1.82) is 0 Å². The van der Waals surface area contributed by atoms with Crippen LogP contribution in [0.15, 0.2) is 35.2 Å². The molecular formula is C19H24ClN5O3S. The smallest absolute Gasteiger partial charge is 0.243 e. The molecular weight excluding hydrogens is 414 g/mol. The van der Waals surface area contributed by atoms with Gasteiger partial charge >= 0.3 is 0 Å². The lowest BCUT2D eigenvalue weighted by Gasteiger charge is -2.35. The number of rotatable bonds is 4. The van der Waals surface area contributed by atoms with Gasteiger partial charge in [0.2, 0.25) is 10.0 Å². The van der Waals surface area contributed by atoms with Crippen LogP contribution in [0, 0.1) is 6.92 Å². The van der Waals surface area contributed by atoms with E-state index in [0.29, 0.717) is 50.0 Å². The molecule has 156 valence electrons. The number of hydrogen-bond acceptors (Lipinski definition) is 7. The zero-order valence-electron chi connectivity index (χ0n) is 16.3. The third-order valence-corrected chi connectivity index (χ3v) is 7.82. The van der Waals surface area contributed by atoms with Gasteiger partial charge in [0.25, 0.3) is 0 Å². The number of halogens is 1. The first-order valence-corrected chi connectivity index (χ1v) is 11.5. The average molecular weight is 438 g/mol. The maximum atomic E-state index is 13.0. The topological polar surface area (TPSA) is 78.9 Å². The molecule has 0 unspecified atom stereocenters. The van der Waals surface area contributed by atoms with Crippen LogP contribution in [0.5, 0.6) is 0 Å². The molecule has 3 heterocycles. The van der Waals surface area contributed by atoms with Crippen molar-refractivity contribution in [1.82, 2.24) is 14.5 Å². The van der Waals surface area contributed by atoms with Crippen molar-refractivity contribution in [2.24, 2.45) is 0 Å². The van der Waals surface area contributed by atoms with Crippen LogP contribution in [-0.4, -0.2) is 75.4 Å². The van der Waals surface area contributed by atoms with Crippen LogP contribution >= 0.6 is 11.6 Å². The first-order valence-electron chi connectivity index (χ1n) is 9.63. The van der Waals surface area contributed by atoms with Gasteiger partial charge in [-0.05, 0) is 36.8 Å². The van der Waals surface area contributed by atoms with Crippen molar-refractivity contribution in [2.45, 2.75) is 11.8 Å². The highest BCUT2D eigenvalue weighted by atomic mass is 35.5. The Labute approximate surface area is 176 Å². The van der Waals surface area contributed by atoms with Gasteiger partial charge in [-0.2, -0.15) is 4.31 Å². The van der Waals surface area contributed by atoms with Gasteiger partial charge < -0.3 is 14.5 Å². The molecule has 1 aromatic carbocycles. The minimum atomic E-state index is -3.57. The second-order valence-electron chi connectivity index (χ2n) is 7.10. The molecule has 2 aliphatic heterocycles. The number of piperazine rings is 1. The lowest BCUT2D eigenvalue weighted by Crippen LogP contribution is -2.49. The summed E-state index contributed by atoms with van der Waals surface area (Å²) in [4.78, 5) is 4.48. The molecule has 2 aromatic rings. The maximum absolute atomic E-state index is 13.0. The van der Waals surface area contributed by atoms with E-state index in [9.17, 15) is 8.42 Å². The highest BCUT2D eigenvalue weighted by molar-refractivity contribution is 7.89. The van der Waals surface area contributed by atoms with Gasteiger partial charge in [-0.3, -0.25) is 0 Å². The molecule has 0 bridgehead atoms. The average Bonchev–Trinajstić information content (AvgIpc) is 2.76. The molecule has 0 N–H and O–H groups in total. The van der Waals surface area contributed by atoms with Crippen molar-refractivity contribution in [3.8, 4) is 0 Å². The van der Waals surface area contributed by atoms with Crippen LogP contribution in [0.1, 0.15) is 5.56 Å². The quantitative estimate of drug-likeness (QED) is 0.721. The molecule has 0 atom stereocenters. The molecule has 0 spiro atoms. The Balaban J connectivity index is 1.42. The summed E-state index contributed by atoms with van der Waals surface area (Å²) in [5.41, 5.74) is 0.584. The van der Waals surface area contributed by atoms with Gasteiger partial charge in [-0.1, -0.05) is 17.7 Å². The molecule has 4 rings (SSSR count). The molecule has 2 saturated heterocycles. The lowest BCUT2D eigenvalue weighted by molar-refractivity contribution is 0.122. The molecule has 10 heteroatoms. The summed E-state index contributed by atoms with van der Waals surface area (Å²) in [5.74, 6) is 1.60. The van der Waals surface area contributed by atoms with Crippen molar-refractivity contribution in [3.63, 3.8) is 0 Å². The minimum Gasteiger partial charge on any atom is -0.378 e. The summed E-state index contributed by atoms with van der Waals surface area (Å²) in [6.45, 7) is 6.66. The Morgan fingerprint density at radius 1 is 0.897 bits per heavy atom. The van der Waals surface area contributed by atoms with E-state index in [2.05, 4.69) is 20.0 Å². The predicted molar refractivity (Wildman–Crippen MR) is 112 cm³/mol. The molecule has 1 aromatic heterocycles. The van der Waals surface area contributed by atoms with Gasteiger partial charge in [-0.25, -0.2) is 8.42 Å². The van der Waals surface area contributed by atoms with E-state index in [1.807, 2.05) is 12.1 Å². The van der Waals surface area contributed by atoms with E-state index < -0.39 is 10.0 Å². The first-order chi connectivity index (χ1) is 14.0. The third-order valence-electron chi connectivity index (χ3n) is 5.37. The number of ether oxygens (including phenoxy) is 1. The number of hydrogen-bond donors (Lipinski definition) is 0. The van der Waals surface area contributed by atoms with Crippen molar-refractivity contribution < 1.29 is 13.2 Å². The monoisotopic (exact) mass is 437 g/mol. The van der Waals surface area contributed by atoms with Gasteiger partial charge in [0.15, 0.2) is 11.6 Å². The first kappa shape index (κ1) is 20.3. The molecule has 2 fully saturated rings. The molecule has 0 aliphatic carbocycles. The molecule has 29 heavy (non-hydrogen) atoms. The van der Waals surface area contributed by atoms with Crippen molar-refractivity contribution >= 4 is 33.3 Å². The van der Waals surface area contributed by atoms with E-state index in [1.54, 1.807) is 25.1 Å². The zero-order chi connectivity index (χ0) is 20.4. The number of aromatic nitrogens is 2. The molecule has 8 nitrogen and oxygen atoms in total. The third kappa shape index (κ3) is 4.18. The fourth-order valence-electron chi connectivity index (χ4n) is 3.61. The SMILES string of the molecule is Cc1c(Cl)cccc1S(=O)(=O)N1CCN(c2ccc(N3CCOCC3)nn2)CC1. The summed E-state index contributed by atoms with van der Waals surface area (Å²) >= 11 is 6.11. The van der Waals surface area contributed by atoms with Gasteiger partial charge in [0.05, 0.1) is 18.1 Å². The standard InChI is InChI=1S/C19H24ClN5O3S/c1-15-16(20)3-2-4-17(15)29(26,27)25-9-7-23(8-10-25)18-5-6-19(22-21-18)24-11-13-28-14-12-24/h2-6H,7-14H2,1H3. The number of morpholine rings is 1. The summed E-state index contributed by atoms with van der Waals surface area (Å²) in [5, 5.41) is 9.16. The highest BCUT2D eigenvalue weighted by Crippen LogP contribution is 2.27. The van der Waals surface area contributed by atoms with E-state index >= 15 is 0 Å². The number of sulfonamides is 1. The van der Waals surface area contributed by atoms with Crippen LogP contribution in [0.4, 0.5) is 11.6 Å². The van der Waals surface area contributed by atoms with E-state index in [4.69, 9.17) is 16.3 Å². The fraction of sp³-hybridized carbons (Fsp3) is 0.474. The van der Waals surface area contributed by atoms with Crippen molar-refractivity contribution in [2.75, 3.05) is 62.3 Å². The lowest BCUT2D eigenvalue weighted by atomic mass is 10.2. The van der Waals surface area contributed by atoms with Gasteiger partial charge in [0, 0.05) is 44.3 Å². The van der Waals surface area contributed by atoms with E-state index in [-0.39, 0.29) is 4.90 Å². The normalized spacial score (nSPS) is 18.8. The Morgan fingerprint density at radius 2 is 1.48 bits per heavy atom. The summed E-state index contributed by atoms with van der Waals surface area (Å²) < 4.78 is 32.9. The Bertz CT molecular complexity index is 956. The van der Waals surface area contributed by atoms with Crippen LogP contribution < -0.4 is 9.80 Å². The summed E-state index contributed by atoms with van der Waals surface area (Å²) in [6.07, 6.45) is 0. The maximum Gasteiger partial charge on any atom is 0.243 e. The van der Waals surface area contributed by atoms with Gasteiger partial charge in [-0.15, -0.1) is 10.2 Å². The molecule has 0 saturated carbocycles. The second kappa shape index (κ2) is 8.43. The largest absolute Gasteiger partial charge is 0.378 e. The number of benzene rings is 1. The van der Waals surface area contributed by atoms with Crippen LogP contribution in [0.3, 0.4) is 0 Å². The van der Waals surface area contributed by atoms with Crippen LogP contribution in [0.2, 0.25) is 5.02 Å². The zero-order valence-corrected chi connectivity index (χ0v) is 17.9. The Kier molecular flexibility index (Phi) is 5.91. The Morgan fingerprint density at radius 3 is 2.07 bits per heavy atom. The number of nitrogens with zero attached hydrogens (tertiary/aromatic N) is 5. The van der Waals surface area contributed by atoms with E-state index in [0.717, 1.165) is 24.7 Å². The highest BCUT2D eigenvalue weighted by Gasteiger charge is 2.30. The summed E-state index contributed by atoms with van der Waals surface area (Å²) in [6, 6.07) is 8.89. The molecule has 0 amide bonds. The van der Waals surface area contributed by atoms with Crippen molar-refractivity contribution in [3.05, 3.63) is 40.9 Å². The van der Waals surface area contributed by atoms with Crippen LogP contribution in [0.25, 0.3) is 0 Å². The fourth-order valence-corrected chi connectivity index (χ4v) is 5.51. The minimum absolute atomic E-state index is 0.271. The molecule has 2 aliphatic rings. The molecule has 0 radical (unpaired) electrons. The number of anilines is 2. The van der Waals surface area contributed by atoms with Crippen LogP contribution in [-0.2, 0) is 14.8 Å². The second-order valence-corrected chi connectivity index (χ2v) is 9.42. The summed E-state index contributed by atoms with van der Waals surface area (Å²) in [7, 11) is -3.57. The predicted octanol–water partition coefficient (Wildman–Crippen LogP) is 1.79. The van der Waals surface area contributed by atoms with E-state index in [1.165, 1.54) is 4.31 Å². The van der Waals surface area contributed by atoms with Gasteiger partial charge in [0.1, 0.15) is 0 Å². The Hall–Kier alpha value is -1.94.